The van der Waals surface area contributed by atoms with E-state index in [-0.39, 0.29) is 11.7 Å². The highest BCUT2D eigenvalue weighted by atomic mass is 79.9. The Morgan fingerprint density at radius 3 is 2.62 bits per heavy atom. The standard InChI is InChI=1S/C18H16BrFN2O3S/c1-24-14-7-10(11(19)9-15(14)25-2)8-16-17(23)22-18(26-16)21-13-6-4-3-5-12(13)20/h3-9,18,21H,1-2H3,(H,22,23)/b16-8-. The van der Waals surface area contributed by atoms with E-state index >= 15 is 0 Å². The average molecular weight is 439 g/mol. The van der Waals surface area contributed by atoms with Crippen molar-refractivity contribution in [2.24, 2.45) is 0 Å². The third-order valence-electron chi connectivity index (χ3n) is 3.68. The SMILES string of the molecule is COc1cc(Br)c(/C=C2\SC(Nc3ccccc3F)NC2=O)cc1OC. The molecule has 0 spiro atoms. The lowest BCUT2D eigenvalue weighted by molar-refractivity contribution is -0.116. The molecule has 1 amide bonds. The fourth-order valence-corrected chi connectivity index (χ4v) is 3.81. The highest BCUT2D eigenvalue weighted by Gasteiger charge is 2.28. The van der Waals surface area contributed by atoms with Gasteiger partial charge in [-0.1, -0.05) is 39.8 Å². The Morgan fingerprint density at radius 2 is 1.92 bits per heavy atom. The molecular formula is C18H16BrFN2O3S. The minimum absolute atomic E-state index is 0.231. The van der Waals surface area contributed by atoms with Gasteiger partial charge in [0.1, 0.15) is 5.82 Å². The van der Waals surface area contributed by atoms with Crippen LogP contribution in [0.3, 0.4) is 0 Å². The zero-order valence-corrected chi connectivity index (χ0v) is 16.4. The van der Waals surface area contributed by atoms with Gasteiger partial charge in [0.2, 0.25) is 0 Å². The second-order valence-corrected chi connectivity index (χ2v) is 7.33. The molecule has 0 radical (unpaired) electrons. The van der Waals surface area contributed by atoms with Gasteiger partial charge in [0, 0.05) is 4.47 Å². The summed E-state index contributed by atoms with van der Waals surface area (Å²) >= 11 is 4.75. The van der Waals surface area contributed by atoms with E-state index in [0.29, 0.717) is 22.1 Å². The van der Waals surface area contributed by atoms with Gasteiger partial charge >= 0.3 is 0 Å². The average Bonchev–Trinajstić information content (AvgIpc) is 2.97. The molecule has 1 aliphatic heterocycles. The predicted molar refractivity (Wildman–Crippen MR) is 105 cm³/mol. The first-order chi connectivity index (χ1) is 12.5. The molecule has 1 aliphatic rings. The Labute approximate surface area is 163 Å². The fraction of sp³-hybridized carbons (Fsp3) is 0.167. The summed E-state index contributed by atoms with van der Waals surface area (Å²) in [4.78, 5) is 12.8. The van der Waals surface area contributed by atoms with Crippen molar-refractivity contribution >= 4 is 45.4 Å². The van der Waals surface area contributed by atoms with Crippen LogP contribution in [0.1, 0.15) is 5.56 Å². The van der Waals surface area contributed by atoms with Gasteiger partial charge in [-0.05, 0) is 35.9 Å². The van der Waals surface area contributed by atoms with Crippen LogP contribution in [-0.4, -0.2) is 25.6 Å². The summed E-state index contributed by atoms with van der Waals surface area (Å²) in [5, 5.41) is 5.75. The van der Waals surface area contributed by atoms with E-state index in [4.69, 9.17) is 9.47 Å². The van der Waals surface area contributed by atoms with Crippen LogP contribution >= 0.6 is 27.7 Å². The van der Waals surface area contributed by atoms with Gasteiger partial charge in [0.25, 0.3) is 5.91 Å². The number of thioether (sulfide) groups is 1. The van der Waals surface area contributed by atoms with Crippen LogP contribution in [0, 0.1) is 5.82 Å². The Balaban J connectivity index is 1.82. The molecule has 0 bridgehead atoms. The minimum atomic E-state index is -0.454. The number of benzene rings is 2. The number of halogens is 2. The maximum absolute atomic E-state index is 13.8. The second kappa shape index (κ2) is 8.01. The third kappa shape index (κ3) is 3.96. The zero-order chi connectivity index (χ0) is 18.7. The molecule has 8 heteroatoms. The summed E-state index contributed by atoms with van der Waals surface area (Å²) in [6.07, 6.45) is 1.75. The van der Waals surface area contributed by atoms with Gasteiger partial charge in [-0.2, -0.15) is 0 Å². The molecular weight excluding hydrogens is 423 g/mol. The summed E-state index contributed by atoms with van der Waals surface area (Å²) in [5.74, 6) is 0.545. The van der Waals surface area contributed by atoms with E-state index in [0.717, 1.165) is 10.0 Å². The maximum atomic E-state index is 13.8. The van der Waals surface area contributed by atoms with Crippen LogP contribution in [0.5, 0.6) is 11.5 Å². The van der Waals surface area contributed by atoms with Crippen LogP contribution in [0.15, 0.2) is 45.8 Å². The van der Waals surface area contributed by atoms with E-state index in [1.807, 2.05) is 0 Å². The van der Waals surface area contributed by atoms with E-state index in [2.05, 4.69) is 26.6 Å². The summed E-state index contributed by atoms with van der Waals surface area (Å²) < 4.78 is 25.1. The van der Waals surface area contributed by atoms with Gasteiger partial charge in [-0.15, -0.1) is 0 Å². The Hall–Kier alpha value is -2.19. The van der Waals surface area contributed by atoms with Gasteiger partial charge in [-0.3, -0.25) is 4.79 Å². The first-order valence-electron chi connectivity index (χ1n) is 7.63. The number of methoxy groups -OCH3 is 2. The molecule has 1 unspecified atom stereocenters. The number of nitrogens with one attached hydrogen (secondary N) is 2. The number of hydrogen-bond donors (Lipinski definition) is 2. The molecule has 0 aromatic heterocycles. The van der Waals surface area contributed by atoms with E-state index < -0.39 is 5.50 Å². The van der Waals surface area contributed by atoms with Crippen molar-refractivity contribution in [3.8, 4) is 11.5 Å². The number of carbonyl (C=O) groups excluding carboxylic acids is 1. The number of para-hydroxylation sites is 1. The topological polar surface area (TPSA) is 59.6 Å². The molecule has 0 aliphatic carbocycles. The number of amides is 1. The number of ether oxygens (including phenoxy) is 2. The van der Waals surface area contributed by atoms with Crippen LogP contribution < -0.4 is 20.1 Å². The van der Waals surface area contributed by atoms with Gasteiger partial charge in [-0.25, -0.2) is 4.39 Å². The monoisotopic (exact) mass is 438 g/mol. The van der Waals surface area contributed by atoms with Crippen molar-refractivity contribution in [1.82, 2.24) is 5.32 Å². The largest absolute Gasteiger partial charge is 0.493 e. The quantitative estimate of drug-likeness (QED) is 0.684. The lowest BCUT2D eigenvalue weighted by Gasteiger charge is -2.13. The van der Waals surface area contributed by atoms with E-state index in [1.165, 1.54) is 17.8 Å². The molecule has 26 heavy (non-hydrogen) atoms. The molecule has 136 valence electrons. The number of anilines is 1. The maximum Gasteiger partial charge on any atom is 0.260 e. The minimum Gasteiger partial charge on any atom is -0.493 e. The first-order valence-corrected chi connectivity index (χ1v) is 9.31. The molecule has 3 rings (SSSR count). The molecule has 2 aromatic carbocycles. The molecule has 1 saturated heterocycles. The fourth-order valence-electron chi connectivity index (χ4n) is 2.41. The number of rotatable bonds is 5. The number of hydrogen-bond acceptors (Lipinski definition) is 5. The second-order valence-electron chi connectivity index (χ2n) is 5.33. The Morgan fingerprint density at radius 1 is 1.23 bits per heavy atom. The van der Waals surface area contributed by atoms with Crippen molar-refractivity contribution in [3.63, 3.8) is 0 Å². The van der Waals surface area contributed by atoms with Gasteiger partial charge in [0.15, 0.2) is 17.0 Å². The highest BCUT2D eigenvalue weighted by molar-refractivity contribution is 9.10. The van der Waals surface area contributed by atoms with Crippen molar-refractivity contribution in [1.29, 1.82) is 0 Å². The van der Waals surface area contributed by atoms with Gasteiger partial charge in [0.05, 0.1) is 24.8 Å². The Kier molecular flexibility index (Phi) is 5.73. The lowest BCUT2D eigenvalue weighted by Crippen LogP contribution is -2.31. The molecule has 1 atom stereocenters. The Bertz CT molecular complexity index is 876. The first kappa shape index (κ1) is 18.6. The zero-order valence-electron chi connectivity index (χ0n) is 14.0. The molecule has 2 aromatic rings. The third-order valence-corrected chi connectivity index (χ3v) is 5.40. The van der Waals surface area contributed by atoms with E-state index in [1.54, 1.807) is 50.6 Å². The number of carbonyl (C=O) groups is 1. The molecule has 1 heterocycles. The van der Waals surface area contributed by atoms with Crippen molar-refractivity contribution in [2.75, 3.05) is 19.5 Å². The van der Waals surface area contributed by atoms with Crippen LogP contribution in [0.2, 0.25) is 0 Å². The van der Waals surface area contributed by atoms with E-state index in [9.17, 15) is 9.18 Å². The van der Waals surface area contributed by atoms with Crippen LogP contribution in [-0.2, 0) is 4.79 Å². The van der Waals surface area contributed by atoms with Crippen molar-refractivity contribution < 1.29 is 18.7 Å². The molecule has 5 nitrogen and oxygen atoms in total. The predicted octanol–water partition coefficient (Wildman–Crippen LogP) is 4.21. The summed E-state index contributed by atoms with van der Waals surface area (Å²) in [6.45, 7) is 0. The van der Waals surface area contributed by atoms with Crippen molar-refractivity contribution in [3.05, 3.63) is 57.2 Å². The van der Waals surface area contributed by atoms with Crippen molar-refractivity contribution in [2.45, 2.75) is 5.50 Å². The van der Waals surface area contributed by atoms with Crippen LogP contribution in [0.4, 0.5) is 10.1 Å². The summed E-state index contributed by atoms with van der Waals surface area (Å²) in [6, 6.07) is 9.88. The highest BCUT2D eigenvalue weighted by Crippen LogP contribution is 2.37. The van der Waals surface area contributed by atoms with Crippen LogP contribution in [0.25, 0.3) is 6.08 Å². The smallest absolute Gasteiger partial charge is 0.260 e. The molecule has 2 N–H and O–H groups in total. The molecule has 1 fully saturated rings. The normalized spacial score (nSPS) is 17.9. The van der Waals surface area contributed by atoms with Gasteiger partial charge < -0.3 is 20.1 Å². The lowest BCUT2D eigenvalue weighted by atomic mass is 10.2. The summed E-state index contributed by atoms with van der Waals surface area (Å²) in [7, 11) is 3.11. The molecule has 0 saturated carbocycles. The summed E-state index contributed by atoms with van der Waals surface area (Å²) in [5.41, 5.74) is 0.648.